The molecule has 1 aromatic carbocycles. The highest BCUT2D eigenvalue weighted by atomic mass is 79.9. The van der Waals surface area contributed by atoms with Gasteiger partial charge in [0.25, 0.3) is 0 Å². The van der Waals surface area contributed by atoms with Crippen molar-refractivity contribution in [3.63, 3.8) is 0 Å². The summed E-state index contributed by atoms with van der Waals surface area (Å²) in [6, 6.07) is 9.66. The zero-order valence-corrected chi connectivity index (χ0v) is 10.7. The topological polar surface area (TPSA) is 45.9 Å². The molecule has 84 valence electrons. The van der Waals surface area contributed by atoms with E-state index in [1.165, 1.54) is 0 Å². The number of benzene rings is 1. The second-order valence-electron chi connectivity index (χ2n) is 3.38. The summed E-state index contributed by atoms with van der Waals surface area (Å²) in [4.78, 5) is 3.94. The minimum Gasteiger partial charge on any atom is -0.496 e. The molecule has 1 aromatic heterocycles. The van der Waals surface area contributed by atoms with Crippen LogP contribution in [0.2, 0.25) is 0 Å². The third-order valence-electron chi connectivity index (χ3n) is 2.40. The van der Waals surface area contributed by atoms with Crippen molar-refractivity contribution >= 4 is 15.9 Å². The lowest BCUT2D eigenvalue weighted by atomic mass is 10.0. The van der Waals surface area contributed by atoms with Crippen molar-refractivity contribution in [2.75, 3.05) is 7.11 Å². The highest BCUT2D eigenvalue weighted by molar-refractivity contribution is 9.10. The van der Waals surface area contributed by atoms with Crippen molar-refractivity contribution in [2.45, 2.75) is 0 Å². The maximum Gasteiger partial charge on any atom is 0.133 e. The number of ether oxygens (including phenoxy) is 1. The third kappa shape index (κ3) is 2.29. The van der Waals surface area contributed by atoms with Gasteiger partial charge in [-0.15, -0.1) is 0 Å². The minimum absolute atomic E-state index is 0.560. The van der Waals surface area contributed by atoms with Gasteiger partial charge in [-0.25, -0.2) is 0 Å². The summed E-state index contributed by atoms with van der Waals surface area (Å²) in [5, 5.41) is 9.02. The van der Waals surface area contributed by atoms with Crippen molar-refractivity contribution < 1.29 is 4.74 Å². The standard InChI is InChI=1S/C13H9BrN2O/c1-17-13-3-2-9(6-12(13)14)11-4-5-16-8-10(11)7-15/h2-6,8H,1H3. The van der Waals surface area contributed by atoms with Crippen molar-refractivity contribution in [3.05, 3.63) is 46.7 Å². The van der Waals surface area contributed by atoms with E-state index in [9.17, 15) is 0 Å². The summed E-state index contributed by atoms with van der Waals surface area (Å²) < 4.78 is 6.03. The summed E-state index contributed by atoms with van der Waals surface area (Å²) in [7, 11) is 1.62. The van der Waals surface area contributed by atoms with Gasteiger partial charge in [0.15, 0.2) is 0 Å². The van der Waals surface area contributed by atoms with Gasteiger partial charge in [-0.05, 0) is 39.7 Å². The van der Waals surface area contributed by atoms with Crippen LogP contribution in [-0.4, -0.2) is 12.1 Å². The molecule has 0 unspecified atom stereocenters. The second kappa shape index (κ2) is 4.98. The Morgan fingerprint density at radius 2 is 2.18 bits per heavy atom. The Morgan fingerprint density at radius 3 is 2.82 bits per heavy atom. The van der Waals surface area contributed by atoms with Crippen molar-refractivity contribution in [3.8, 4) is 22.9 Å². The van der Waals surface area contributed by atoms with Gasteiger partial charge in [0.2, 0.25) is 0 Å². The number of aromatic nitrogens is 1. The lowest BCUT2D eigenvalue weighted by Gasteiger charge is -2.07. The molecule has 0 saturated carbocycles. The highest BCUT2D eigenvalue weighted by Crippen LogP contribution is 2.31. The number of hydrogen-bond acceptors (Lipinski definition) is 3. The lowest BCUT2D eigenvalue weighted by Crippen LogP contribution is -1.88. The Bertz CT molecular complexity index is 590. The van der Waals surface area contributed by atoms with Crippen LogP contribution in [-0.2, 0) is 0 Å². The van der Waals surface area contributed by atoms with Gasteiger partial charge >= 0.3 is 0 Å². The Kier molecular flexibility index (Phi) is 3.40. The average Bonchev–Trinajstić information content (AvgIpc) is 2.38. The van der Waals surface area contributed by atoms with Gasteiger partial charge in [0, 0.05) is 18.0 Å². The van der Waals surface area contributed by atoms with Gasteiger partial charge in [-0.2, -0.15) is 5.26 Å². The maximum atomic E-state index is 9.02. The first kappa shape index (κ1) is 11.6. The molecule has 0 aliphatic heterocycles. The number of nitrogens with zero attached hydrogens (tertiary/aromatic N) is 2. The van der Waals surface area contributed by atoms with Crippen LogP contribution in [0.4, 0.5) is 0 Å². The molecule has 17 heavy (non-hydrogen) atoms. The average molecular weight is 289 g/mol. The number of hydrogen-bond donors (Lipinski definition) is 0. The van der Waals surface area contributed by atoms with Crippen LogP contribution in [0.1, 0.15) is 5.56 Å². The van der Waals surface area contributed by atoms with E-state index in [2.05, 4.69) is 27.0 Å². The fraction of sp³-hybridized carbons (Fsp3) is 0.0769. The number of nitriles is 1. The van der Waals surface area contributed by atoms with Crippen molar-refractivity contribution in [2.24, 2.45) is 0 Å². The summed E-state index contributed by atoms with van der Waals surface area (Å²) in [6.45, 7) is 0. The fourth-order valence-electron chi connectivity index (χ4n) is 1.57. The summed E-state index contributed by atoms with van der Waals surface area (Å²) >= 11 is 3.43. The Morgan fingerprint density at radius 1 is 1.35 bits per heavy atom. The predicted octanol–water partition coefficient (Wildman–Crippen LogP) is 3.39. The zero-order chi connectivity index (χ0) is 12.3. The minimum atomic E-state index is 0.560. The van der Waals surface area contributed by atoms with Crippen LogP contribution >= 0.6 is 15.9 Å². The fourth-order valence-corrected chi connectivity index (χ4v) is 2.11. The first-order chi connectivity index (χ1) is 8.26. The molecule has 2 rings (SSSR count). The van der Waals surface area contributed by atoms with Crippen LogP contribution in [0, 0.1) is 11.3 Å². The monoisotopic (exact) mass is 288 g/mol. The van der Waals surface area contributed by atoms with E-state index in [4.69, 9.17) is 10.00 Å². The predicted molar refractivity (Wildman–Crippen MR) is 68.6 cm³/mol. The Hall–Kier alpha value is -1.86. The summed E-state index contributed by atoms with van der Waals surface area (Å²) in [6.07, 6.45) is 3.24. The molecule has 1 heterocycles. The van der Waals surface area contributed by atoms with Crippen LogP contribution in [0.5, 0.6) is 5.75 Å². The summed E-state index contributed by atoms with van der Waals surface area (Å²) in [5.41, 5.74) is 2.38. The molecular formula is C13H9BrN2O. The second-order valence-corrected chi connectivity index (χ2v) is 4.24. The molecule has 0 saturated heterocycles. The van der Waals surface area contributed by atoms with E-state index < -0.39 is 0 Å². The van der Waals surface area contributed by atoms with Crippen molar-refractivity contribution in [1.82, 2.24) is 4.98 Å². The van der Waals surface area contributed by atoms with Crippen molar-refractivity contribution in [1.29, 1.82) is 5.26 Å². The molecule has 0 aliphatic carbocycles. The maximum absolute atomic E-state index is 9.02. The number of halogens is 1. The largest absolute Gasteiger partial charge is 0.496 e. The highest BCUT2D eigenvalue weighted by Gasteiger charge is 2.07. The molecule has 0 fully saturated rings. The van der Waals surface area contributed by atoms with Crippen LogP contribution in [0.15, 0.2) is 41.1 Å². The van der Waals surface area contributed by atoms with Gasteiger partial charge in [0.1, 0.15) is 11.8 Å². The molecule has 2 aromatic rings. The van der Waals surface area contributed by atoms with E-state index in [-0.39, 0.29) is 0 Å². The molecule has 0 N–H and O–H groups in total. The number of rotatable bonds is 2. The van der Waals surface area contributed by atoms with Crippen LogP contribution in [0.25, 0.3) is 11.1 Å². The normalized spacial score (nSPS) is 9.71. The third-order valence-corrected chi connectivity index (χ3v) is 3.02. The molecule has 0 amide bonds. The van der Waals surface area contributed by atoms with Crippen LogP contribution in [0.3, 0.4) is 0 Å². The molecular weight excluding hydrogens is 280 g/mol. The van der Waals surface area contributed by atoms with E-state index in [1.54, 1.807) is 19.5 Å². The van der Waals surface area contributed by atoms with Crippen LogP contribution < -0.4 is 4.74 Å². The Balaban J connectivity index is 2.54. The molecule has 4 heteroatoms. The number of pyridine rings is 1. The van der Waals surface area contributed by atoms with E-state index in [0.29, 0.717) is 5.56 Å². The van der Waals surface area contributed by atoms with Gasteiger partial charge < -0.3 is 4.74 Å². The van der Waals surface area contributed by atoms with Gasteiger partial charge in [0.05, 0.1) is 17.1 Å². The van der Waals surface area contributed by atoms with E-state index in [0.717, 1.165) is 21.3 Å². The first-order valence-electron chi connectivity index (χ1n) is 4.94. The quantitative estimate of drug-likeness (QED) is 0.851. The molecule has 0 atom stereocenters. The molecule has 0 aliphatic rings. The SMILES string of the molecule is COc1ccc(-c2ccncc2C#N)cc1Br. The molecule has 3 nitrogen and oxygen atoms in total. The van der Waals surface area contributed by atoms with E-state index >= 15 is 0 Å². The molecule has 0 bridgehead atoms. The Labute approximate surface area is 108 Å². The van der Waals surface area contributed by atoms with Gasteiger partial charge in [-0.3, -0.25) is 4.98 Å². The molecule has 0 radical (unpaired) electrons. The smallest absolute Gasteiger partial charge is 0.133 e. The number of methoxy groups -OCH3 is 1. The van der Waals surface area contributed by atoms with Gasteiger partial charge in [-0.1, -0.05) is 6.07 Å². The first-order valence-corrected chi connectivity index (χ1v) is 5.73. The zero-order valence-electron chi connectivity index (χ0n) is 9.14. The molecule has 0 spiro atoms. The lowest BCUT2D eigenvalue weighted by molar-refractivity contribution is 0.412. The van der Waals surface area contributed by atoms with E-state index in [1.807, 2.05) is 24.3 Å². The summed E-state index contributed by atoms with van der Waals surface area (Å²) in [5.74, 6) is 0.765.